The predicted octanol–water partition coefficient (Wildman–Crippen LogP) is 16.8. The Morgan fingerprint density at radius 2 is 0.810 bits per heavy atom. The maximum Gasteiger partial charge on any atom is 0.306 e. The Hall–Kier alpha value is -1.92. The molecule has 0 aliphatic carbocycles. The molecule has 370 valence electrons. The Labute approximate surface area is 392 Å². The third-order valence-electron chi connectivity index (χ3n) is 12.7. The fourth-order valence-corrected chi connectivity index (χ4v) is 8.46. The van der Waals surface area contributed by atoms with E-state index < -0.39 is 18.2 Å². The van der Waals surface area contributed by atoms with Crippen molar-refractivity contribution in [3.8, 4) is 0 Å². The molecular formula is C57H107NO5. The molecule has 6 heteroatoms. The molecule has 0 aliphatic rings. The van der Waals surface area contributed by atoms with Gasteiger partial charge in [-0.05, 0) is 83.5 Å². The number of aliphatic hydroxyl groups excluding tert-OH is 2. The predicted molar refractivity (Wildman–Crippen MR) is 273 cm³/mol. The number of esters is 1. The molecule has 0 aromatic rings. The van der Waals surface area contributed by atoms with Gasteiger partial charge in [-0.15, -0.1) is 0 Å². The Bertz CT molecular complexity index is 1040. The SMILES string of the molecule is CCCCC/C=C\C/C=C\CCCCCCCCCC(=O)OC(CCCCC/C=C\CCCCC)CC(=O)NC(CO)C(O)CCCCCCCCCCCCCCCCCCC. The van der Waals surface area contributed by atoms with Crippen molar-refractivity contribution in [2.45, 2.75) is 309 Å². The molecule has 3 N–H and O–H groups in total. The lowest BCUT2D eigenvalue weighted by molar-refractivity contribution is -0.151. The van der Waals surface area contributed by atoms with Crippen LogP contribution in [0.15, 0.2) is 36.5 Å². The van der Waals surface area contributed by atoms with Gasteiger partial charge >= 0.3 is 5.97 Å². The second kappa shape index (κ2) is 51.1. The van der Waals surface area contributed by atoms with E-state index in [4.69, 9.17) is 4.74 Å². The summed E-state index contributed by atoms with van der Waals surface area (Å²) < 4.78 is 5.93. The third-order valence-corrected chi connectivity index (χ3v) is 12.7. The van der Waals surface area contributed by atoms with E-state index in [2.05, 4.69) is 62.5 Å². The van der Waals surface area contributed by atoms with E-state index in [0.29, 0.717) is 19.3 Å². The van der Waals surface area contributed by atoms with Crippen LogP contribution in [0, 0.1) is 0 Å². The lowest BCUT2D eigenvalue weighted by atomic mass is 10.0. The fourth-order valence-electron chi connectivity index (χ4n) is 8.46. The second-order valence-electron chi connectivity index (χ2n) is 19.0. The molecule has 0 bridgehead atoms. The van der Waals surface area contributed by atoms with Crippen LogP contribution in [0.5, 0.6) is 0 Å². The summed E-state index contributed by atoms with van der Waals surface area (Å²) in [7, 11) is 0. The number of carbonyl (C=O) groups is 2. The average molecular weight is 886 g/mol. The average Bonchev–Trinajstić information content (AvgIpc) is 3.28. The summed E-state index contributed by atoms with van der Waals surface area (Å²) in [6.45, 7) is 6.45. The monoisotopic (exact) mass is 886 g/mol. The number of unbranched alkanes of at least 4 members (excludes halogenated alkanes) is 32. The van der Waals surface area contributed by atoms with Gasteiger partial charge in [0.25, 0.3) is 0 Å². The summed E-state index contributed by atoms with van der Waals surface area (Å²) in [5.74, 6) is -0.489. The summed E-state index contributed by atoms with van der Waals surface area (Å²) in [4.78, 5) is 26.2. The minimum Gasteiger partial charge on any atom is -0.462 e. The highest BCUT2D eigenvalue weighted by Crippen LogP contribution is 2.18. The quantitative estimate of drug-likeness (QED) is 0.0321. The number of hydrogen-bond acceptors (Lipinski definition) is 5. The van der Waals surface area contributed by atoms with Crippen molar-refractivity contribution in [2.75, 3.05) is 6.61 Å². The molecule has 0 rings (SSSR count). The van der Waals surface area contributed by atoms with Crippen LogP contribution in [0.2, 0.25) is 0 Å². The molecule has 0 aromatic carbocycles. The normalized spacial score (nSPS) is 13.4. The van der Waals surface area contributed by atoms with E-state index in [1.807, 2.05) is 0 Å². The van der Waals surface area contributed by atoms with Crippen LogP contribution >= 0.6 is 0 Å². The van der Waals surface area contributed by atoms with Gasteiger partial charge in [0, 0.05) is 6.42 Å². The maximum absolute atomic E-state index is 13.2. The summed E-state index contributed by atoms with van der Waals surface area (Å²) in [6, 6.07) is -0.706. The Balaban J connectivity index is 4.44. The highest BCUT2D eigenvalue weighted by atomic mass is 16.5. The summed E-state index contributed by atoms with van der Waals surface area (Å²) in [5.41, 5.74) is 0. The maximum atomic E-state index is 13.2. The summed E-state index contributed by atoms with van der Waals surface area (Å²) >= 11 is 0. The van der Waals surface area contributed by atoms with Gasteiger partial charge in [-0.25, -0.2) is 0 Å². The first-order valence-corrected chi connectivity index (χ1v) is 27.7. The summed E-state index contributed by atoms with van der Waals surface area (Å²) in [6.07, 6.45) is 60.7. The molecular weight excluding hydrogens is 779 g/mol. The van der Waals surface area contributed by atoms with Crippen molar-refractivity contribution in [3.63, 3.8) is 0 Å². The first-order chi connectivity index (χ1) is 31.0. The first-order valence-electron chi connectivity index (χ1n) is 27.7. The fraction of sp³-hybridized carbons (Fsp3) is 0.860. The smallest absolute Gasteiger partial charge is 0.306 e. The van der Waals surface area contributed by atoms with Gasteiger partial charge < -0.3 is 20.3 Å². The molecule has 0 saturated carbocycles. The van der Waals surface area contributed by atoms with Crippen LogP contribution in [0.4, 0.5) is 0 Å². The van der Waals surface area contributed by atoms with Crippen molar-refractivity contribution < 1.29 is 24.5 Å². The Morgan fingerprint density at radius 1 is 0.460 bits per heavy atom. The topological polar surface area (TPSA) is 95.9 Å². The van der Waals surface area contributed by atoms with Gasteiger partial charge in [0.05, 0.1) is 25.2 Å². The molecule has 0 saturated heterocycles. The van der Waals surface area contributed by atoms with Crippen LogP contribution in [0.25, 0.3) is 0 Å². The molecule has 6 nitrogen and oxygen atoms in total. The highest BCUT2D eigenvalue weighted by molar-refractivity contribution is 5.77. The van der Waals surface area contributed by atoms with E-state index in [-0.39, 0.29) is 24.9 Å². The van der Waals surface area contributed by atoms with Crippen molar-refractivity contribution in [1.82, 2.24) is 5.32 Å². The standard InChI is InChI=1S/C57H107NO5/c1-4-7-10-13-16-19-22-24-26-28-30-32-34-37-40-43-46-49-55(60)54(52-59)58-56(61)51-53(48-45-42-39-36-21-18-15-12-9-6-3)63-57(62)50-47-44-41-38-35-33-31-29-27-25-23-20-17-14-11-8-5-2/h17-18,20-21,25,27,53-55,59-60H,4-16,19,22-24,26,28-52H2,1-3H3,(H,58,61)/b20-17-,21-18-,27-25-. The zero-order valence-corrected chi connectivity index (χ0v) is 42.2. The number of ether oxygens (including phenoxy) is 1. The molecule has 63 heavy (non-hydrogen) atoms. The number of rotatable bonds is 50. The van der Waals surface area contributed by atoms with Crippen molar-refractivity contribution in [1.29, 1.82) is 0 Å². The molecule has 0 fully saturated rings. The van der Waals surface area contributed by atoms with Crippen LogP contribution in [0.1, 0.15) is 290 Å². The van der Waals surface area contributed by atoms with E-state index in [1.165, 1.54) is 167 Å². The number of carbonyl (C=O) groups excluding carboxylic acids is 2. The zero-order chi connectivity index (χ0) is 45.9. The first kappa shape index (κ1) is 61.1. The van der Waals surface area contributed by atoms with Gasteiger partial charge in [-0.1, -0.05) is 231 Å². The Morgan fingerprint density at radius 3 is 1.27 bits per heavy atom. The molecule has 0 aliphatic heterocycles. The Kier molecular flexibility index (Phi) is 49.5. The largest absolute Gasteiger partial charge is 0.462 e. The number of amides is 1. The van der Waals surface area contributed by atoms with Gasteiger partial charge in [0.1, 0.15) is 6.10 Å². The van der Waals surface area contributed by atoms with Crippen LogP contribution in [0.3, 0.4) is 0 Å². The number of hydrogen-bond donors (Lipinski definition) is 3. The molecule has 3 atom stereocenters. The van der Waals surface area contributed by atoms with E-state index >= 15 is 0 Å². The minimum atomic E-state index is -0.791. The lowest BCUT2D eigenvalue weighted by Gasteiger charge is -2.24. The molecule has 0 heterocycles. The lowest BCUT2D eigenvalue weighted by Crippen LogP contribution is -2.46. The third kappa shape index (κ3) is 46.4. The van der Waals surface area contributed by atoms with Crippen molar-refractivity contribution in [2.24, 2.45) is 0 Å². The van der Waals surface area contributed by atoms with E-state index in [9.17, 15) is 19.8 Å². The number of aliphatic hydroxyl groups is 2. The number of nitrogens with one attached hydrogen (secondary N) is 1. The molecule has 0 radical (unpaired) electrons. The summed E-state index contributed by atoms with van der Waals surface area (Å²) in [5, 5.41) is 23.8. The van der Waals surface area contributed by atoms with Gasteiger partial charge in [0.15, 0.2) is 0 Å². The van der Waals surface area contributed by atoms with E-state index in [1.54, 1.807) is 0 Å². The van der Waals surface area contributed by atoms with Crippen LogP contribution in [-0.4, -0.2) is 46.9 Å². The minimum absolute atomic E-state index is 0.0658. The highest BCUT2D eigenvalue weighted by Gasteiger charge is 2.24. The molecule has 0 aromatic heterocycles. The number of allylic oxidation sites excluding steroid dienone is 6. The zero-order valence-electron chi connectivity index (χ0n) is 42.2. The molecule has 3 unspecified atom stereocenters. The van der Waals surface area contributed by atoms with E-state index in [0.717, 1.165) is 77.0 Å². The van der Waals surface area contributed by atoms with Crippen LogP contribution in [-0.2, 0) is 14.3 Å². The van der Waals surface area contributed by atoms with Gasteiger partial charge in [0.2, 0.25) is 5.91 Å². The molecule has 1 amide bonds. The van der Waals surface area contributed by atoms with Crippen LogP contribution < -0.4 is 5.32 Å². The molecule has 0 spiro atoms. The van der Waals surface area contributed by atoms with Crippen molar-refractivity contribution in [3.05, 3.63) is 36.5 Å². The van der Waals surface area contributed by atoms with Gasteiger partial charge in [-0.3, -0.25) is 9.59 Å². The van der Waals surface area contributed by atoms with Gasteiger partial charge in [-0.2, -0.15) is 0 Å². The van der Waals surface area contributed by atoms with Crippen molar-refractivity contribution >= 4 is 11.9 Å². The second-order valence-corrected chi connectivity index (χ2v) is 19.0.